The lowest BCUT2D eigenvalue weighted by Crippen LogP contribution is -1.97. The first-order valence-corrected chi connectivity index (χ1v) is 4.37. The zero-order valence-corrected chi connectivity index (χ0v) is 8.34. The van der Waals surface area contributed by atoms with Gasteiger partial charge in [0.1, 0.15) is 0 Å². The Morgan fingerprint density at radius 1 is 1.33 bits per heavy atom. The molecule has 4 heteroatoms. The highest BCUT2D eigenvalue weighted by Gasteiger charge is 2.03. The Balaban J connectivity index is 3.02. The van der Waals surface area contributed by atoms with Crippen LogP contribution in [-0.4, -0.2) is 24.3 Å². The van der Waals surface area contributed by atoms with E-state index >= 15 is 0 Å². The summed E-state index contributed by atoms with van der Waals surface area (Å²) < 4.78 is 0. The van der Waals surface area contributed by atoms with Gasteiger partial charge >= 0.3 is 5.97 Å². The highest BCUT2D eigenvalue weighted by Crippen LogP contribution is 2.12. The third-order valence-electron chi connectivity index (χ3n) is 1.91. The van der Waals surface area contributed by atoms with Crippen LogP contribution in [0.5, 0.6) is 0 Å². The molecule has 1 aromatic rings. The number of hydrogen-bond acceptors (Lipinski definition) is 3. The fourth-order valence-corrected chi connectivity index (χ4v) is 1.16. The molecule has 0 unspecified atom stereocenters. The first-order valence-electron chi connectivity index (χ1n) is 4.37. The third-order valence-corrected chi connectivity index (χ3v) is 1.91. The number of nitrogens with zero attached hydrogens (tertiary/aromatic N) is 1. The minimum absolute atomic E-state index is 0.253. The number of rotatable bonds is 3. The minimum Gasteiger partial charge on any atom is -0.478 e. The molecular formula is C11H12N2O2. The van der Waals surface area contributed by atoms with Crippen LogP contribution < -0.4 is 5.73 Å². The molecule has 0 amide bonds. The van der Waals surface area contributed by atoms with Crippen molar-refractivity contribution in [2.75, 3.05) is 7.05 Å². The van der Waals surface area contributed by atoms with Crippen molar-refractivity contribution in [3.63, 3.8) is 0 Å². The van der Waals surface area contributed by atoms with E-state index in [1.807, 2.05) is 0 Å². The second-order valence-corrected chi connectivity index (χ2v) is 2.89. The maximum Gasteiger partial charge on any atom is 0.335 e. The number of nitrogens with two attached hydrogens (primary N) is 1. The number of allylic oxidation sites excluding steroid dienone is 1. The van der Waals surface area contributed by atoms with Crippen molar-refractivity contribution in [2.45, 2.75) is 0 Å². The molecular weight excluding hydrogens is 192 g/mol. The van der Waals surface area contributed by atoms with Crippen LogP contribution in [0.1, 0.15) is 15.9 Å². The fourth-order valence-electron chi connectivity index (χ4n) is 1.16. The smallest absolute Gasteiger partial charge is 0.335 e. The standard InChI is InChI=1S/C11H12N2O2/c1-13-7-10(6-12)8-2-4-9(5-3-8)11(14)15/h2-7H,12H2,1H3,(H,14,15). The summed E-state index contributed by atoms with van der Waals surface area (Å²) in [5, 5.41) is 8.71. The molecule has 0 radical (unpaired) electrons. The fraction of sp³-hybridized carbons (Fsp3) is 0.0909. The van der Waals surface area contributed by atoms with Crippen molar-refractivity contribution in [3.8, 4) is 0 Å². The Kier molecular flexibility index (Phi) is 3.62. The van der Waals surface area contributed by atoms with Crippen LogP contribution in [0.2, 0.25) is 0 Å². The van der Waals surface area contributed by atoms with Gasteiger partial charge < -0.3 is 10.8 Å². The quantitative estimate of drug-likeness (QED) is 0.730. The summed E-state index contributed by atoms with van der Waals surface area (Å²) in [5.41, 5.74) is 7.27. The van der Waals surface area contributed by atoms with Crippen LogP contribution in [0.25, 0.3) is 5.57 Å². The highest BCUT2D eigenvalue weighted by molar-refractivity contribution is 6.09. The Morgan fingerprint density at radius 3 is 2.27 bits per heavy atom. The van der Waals surface area contributed by atoms with Crippen molar-refractivity contribution in [3.05, 3.63) is 41.6 Å². The number of carbonyl (C=O) groups is 1. The number of carboxylic acids is 1. The van der Waals surface area contributed by atoms with Crippen LogP contribution in [-0.2, 0) is 0 Å². The molecule has 78 valence electrons. The summed E-state index contributed by atoms with van der Waals surface area (Å²) in [6.45, 7) is 0. The first kappa shape index (κ1) is 11.0. The molecule has 3 N–H and O–H groups in total. The second-order valence-electron chi connectivity index (χ2n) is 2.89. The van der Waals surface area contributed by atoms with Gasteiger partial charge in [0.25, 0.3) is 0 Å². The lowest BCUT2D eigenvalue weighted by atomic mass is 10.1. The maximum atomic E-state index is 10.6. The monoisotopic (exact) mass is 204 g/mol. The zero-order chi connectivity index (χ0) is 11.3. The van der Waals surface area contributed by atoms with E-state index in [0.717, 1.165) is 11.1 Å². The Morgan fingerprint density at radius 2 is 1.87 bits per heavy atom. The van der Waals surface area contributed by atoms with Crippen LogP contribution in [0.4, 0.5) is 0 Å². The Bertz CT molecular complexity index is 405. The topological polar surface area (TPSA) is 75.7 Å². The molecule has 0 aromatic heterocycles. The second kappa shape index (κ2) is 4.95. The van der Waals surface area contributed by atoms with Gasteiger partial charge in [-0.2, -0.15) is 0 Å². The number of benzene rings is 1. The first-order chi connectivity index (χ1) is 7.19. The van der Waals surface area contributed by atoms with Crippen molar-refractivity contribution in [1.82, 2.24) is 0 Å². The Hall–Kier alpha value is -2.10. The van der Waals surface area contributed by atoms with Gasteiger partial charge in [0.2, 0.25) is 0 Å². The lowest BCUT2D eigenvalue weighted by Gasteiger charge is -2.01. The zero-order valence-electron chi connectivity index (χ0n) is 8.34. The molecule has 0 aliphatic carbocycles. The molecule has 15 heavy (non-hydrogen) atoms. The van der Waals surface area contributed by atoms with Crippen molar-refractivity contribution in [1.29, 1.82) is 0 Å². The average Bonchev–Trinajstić information content (AvgIpc) is 2.26. The van der Waals surface area contributed by atoms with Gasteiger partial charge in [0.15, 0.2) is 0 Å². The summed E-state index contributed by atoms with van der Waals surface area (Å²) in [7, 11) is 1.65. The summed E-state index contributed by atoms with van der Waals surface area (Å²) in [4.78, 5) is 14.5. The van der Waals surface area contributed by atoms with Gasteiger partial charge in [-0.25, -0.2) is 4.79 Å². The van der Waals surface area contributed by atoms with Crippen molar-refractivity contribution >= 4 is 17.8 Å². The molecule has 1 aromatic carbocycles. The predicted molar refractivity (Wildman–Crippen MR) is 60.0 cm³/mol. The average molecular weight is 204 g/mol. The molecule has 0 atom stereocenters. The van der Waals surface area contributed by atoms with E-state index in [0.29, 0.717) is 0 Å². The molecule has 4 nitrogen and oxygen atoms in total. The minimum atomic E-state index is -0.941. The summed E-state index contributed by atoms with van der Waals surface area (Å²) >= 11 is 0. The van der Waals surface area contributed by atoms with E-state index in [-0.39, 0.29) is 5.56 Å². The number of carboxylic acid groups (broad SMARTS) is 1. The normalized spacial score (nSPS) is 11.9. The van der Waals surface area contributed by atoms with Gasteiger partial charge in [-0.3, -0.25) is 4.99 Å². The molecule has 0 heterocycles. The SMILES string of the molecule is CN=CC(=CN)c1ccc(C(=O)O)cc1. The van der Waals surface area contributed by atoms with Crippen LogP contribution in [0.15, 0.2) is 35.5 Å². The summed E-state index contributed by atoms with van der Waals surface area (Å²) in [6, 6.07) is 6.46. The van der Waals surface area contributed by atoms with Crippen molar-refractivity contribution in [2.24, 2.45) is 10.7 Å². The molecule has 0 aliphatic heterocycles. The number of hydrogen-bond donors (Lipinski definition) is 2. The number of aromatic carboxylic acids is 1. The molecule has 0 saturated carbocycles. The third kappa shape index (κ3) is 2.67. The van der Waals surface area contributed by atoms with E-state index in [1.54, 1.807) is 25.4 Å². The molecule has 1 rings (SSSR count). The Labute approximate surface area is 87.8 Å². The largest absolute Gasteiger partial charge is 0.478 e. The molecule has 0 bridgehead atoms. The van der Waals surface area contributed by atoms with Gasteiger partial charge in [-0.15, -0.1) is 0 Å². The maximum absolute atomic E-state index is 10.6. The van der Waals surface area contributed by atoms with E-state index in [2.05, 4.69) is 4.99 Å². The lowest BCUT2D eigenvalue weighted by molar-refractivity contribution is 0.0697. The summed E-state index contributed by atoms with van der Waals surface area (Å²) in [5.74, 6) is -0.941. The van der Waals surface area contributed by atoms with Crippen LogP contribution in [0, 0.1) is 0 Å². The van der Waals surface area contributed by atoms with Crippen molar-refractivity contribution < 1.29 is 9.90 Å². The van der Waals surface area contributed by atoms with Crippen LogP contribution in [0.3, 0.4) is 0 Å². The van der Waals surface area contributed by atoms with E-state index in [9.17, 15) is 4.79 Å². The van der Waals surface area contributed by atoms with Gasteiger partial charge in [0.05, 0.1) is 5.56 Å². The molecule has 0 aliphatic rings. The molecule has 0 fully saturated rings. The number of aliphatic imine (C=N–C) groups is 1. The van der Waals surface area contributed by atoms with Gasteiger partial charge in [-0.05, 0) is 17.7 Å². The van der Waals surface area contributed by atoms with E-state index < -0.39 is 5.97 Å². The predicted octanol–water partition coefficient (Wildman–Crippen LogP) is 1.39. The van der Waals surface area contributed by atoms with Gasteiger partial charge in [-0.1, -0.05) is 12.1 Å². The van der Waals surface area contributed by atoms with Gasteiger partial charge in [0, 0.05) is 25.0 Å². The highest BCUT2D eigenvalue weighted by atomic mass is 16.4. The van der Waals surface area contributed by atoms with E-state index in [4.69, 9.17) is 10.8 Å². The summed E-state index contributed by atoms with van der Waals surface area (Å²) in [6.07, 6.45) is 3.05. The van der Waals surface area contributed by atoms with Crippen LogP contribution >= 0.6 is 0 Å². The molecule has 0 spiro atoms. The van der Waals surface area contributed by atoms with E-state index in [1.165, 1.54) is 18.3 Å². The molecule has 0 saturated heterocycles.